The number of aromatic nitrogens is 1. The first-order valence-corrected chi connectivity index (χ1v) is 9.88. The molecular formula is C21H22FN5O5. The summed E-state index contributed by atoms with van der Waals surface area (Å²) in [7, 11) is 0. The predicted octanol–water partition coefficient (Wildman–Crippen LogP) is 1.20. The Labute approximate surface area is 182 Å². The summed E-state index contributed by atoms with van der Waals surface area (Å²) in [6.45, 7) is 4.79. The zero-order chi connectivity index (χ0) is 23.4. The van der Waals surface area contributed by atoms with Crippen LogP contribution in [0.1, 0.15) is 39.8 Å². The Kier molecular flexibility index (Phi) is 5.00. The van der Waals surface area contributed by atoms with Crippen molar-refractivity contribution in [2.24, 2.45) is 5.73 Å². The largest absolute Gasteiger partial charge is 0.360 e. The summed E-state index contributed by atoms with van der Waals surface area (Å²) in [6, 6.07) is 3.13. The number of benzene rings is 1. The summed E-state index contributed by atoms with van der Waals surface area (Å²) in [5.74, 6) is -1.88. The molecule has 0 bridgehead atoms. The standard InChI is InChI=1S/C21H22FN5O5/c1-10-14(8-26-15-5-4-13(22)6-12(15)7-16(26)28)24-11(2)17(10)18(29)25-21(3)9-32-27(19(21)30)20(23)31/h4-6,24H,7-9H2,1-3H3,(H2,23,31)(H,25,29)/t21-/m1/s1. The summed E-state index contributed by atoms with van der Waals surface area (Å²) in [4.78, 5) is 58.9. The average molecular weight is 443 g/mol. The molecule has 0 spiro atoms. The number of hydrogen-bond acceptors (Lipinski definition) is 5. The van der Waals surface area contributed by atoms with Gasteiger partial charge in [-0.05, 0) is 50.1 Å². The second kappa shape index (κ2) is 7.45. The molecule has 4 N–H and O–H groups in total. The first-order chi connectivity index (χ1) is 15.0. The zero-order valence-electron chi connectivity index (χ0n) is 17.7. The van der Waals surface area contributed by atoms with Crippen molar-refractivity contribution in [3.8, 4) is 0 Å². The molecule has 2 aromatic rings. The van der Waals surface area contributed by atoms with E-state index in [2.05, 4.69) is 10.3 Å². The number of H-pyrrole nitrogens is 1. The van der Waals surface area contributed by atoms with Crippen LogP contribution in [0, 0.1) is 19.7 Å². The molecule has 1 saturated heterocycles. The fourth-order valence-corrected chi connectivity index (χ4v) is 4.10. The van der Waals surface area contributed by atoms with Gasteiger partial charge in [0.1, 0.15) is 18.0 Å². The minimum atomic E-state index is -1.46. The Morgan fingerprint density at radius 2 is 2.03 bits per heavy atom. The number of primary amides is 1. The van der Waals surface area contributed by atoms with Gasteiger partial charge in [-0.3, -0.25) is 19.2 Å². The molecule has 2 aliphatic heterocycles. The van der Waals surface area contributed by atoms with Crippen LogP contribution in [0.4, 0.5) is 14.9 Å². The van der Waals surface area contributed by atoms with E-state index >= 15 is 0 Å². The number of urea groups is 1. The highest BCUT2D eigenvalue weighted by molar-refractivity contribution is 6.05. The van der Waals surface area contributed by atoms with E-state index in [1.807, 2.05) is 0 Å². The van der Waals surface area contributed by atoms with Crippen LogP contribution in [-0.4, -0.2) is 45.9 Å². The van der Waals surface area contributed by atoms with Crippen LogP contribution in [0.5, 0.6) is 0 Å². The number of fused-ring (bicyclic) bond motifs is 1. The van der Waals surface area contributed by atoms with Crippen LogP contribution < -0.4 is 16.0 Å². The van der Waals surface area contributed by atoms with Gasteiger partial charge in [-0.15, -0.1) is 5.06 Å². The molecule has 1 aromatic heterocycles. The van der Waals surface area contributed by atoms with Gasteiger partial charge >= 0.3 is 6.03 Å². The monoisotopic (exact) mass is 443 g/mol. The van der Waals surface area contributed by atoms with Gasteiger partial charge in [0.25, 0.3) is 11.8 Å². The highest BCUT2D eigenvalue weighted by atomic mass is 19.1. The van der Waals surface area contributed by atoms with Gasteiger partial charge in [-0.1, -0.05) is 0 Å². The van der Waals surface area contributed by atoms with Crippen molar-refractivity contribution in [1.29, 1.82) is 0 Å². The first kappa shape index (κ1) is 21.5. The summed E-state index contributed by atoms with van der Waals surface area (Å²) in [5, 5.41) is 3.04. The lowest BCUT2D eigenvalue weighted by Crippen LogP contribution is -2.54. The molecular weight excluding hydrogens is 421 g/mol. The maximum absolute atomic E-state index is 13.5. The van der Waals surface area contributed by atoms with E-state index in [1.165, 1.54) is 24.0 Å². The Morgan fingerprint density at radius 1 is 1.31 bits per heavy atom. The number of hydrogen-bond donors (Lipinski definition) is 3. The summed E-state index contributed by atoms with van der Waals surface area (Å²) < 4.78 is 13.5. The van der Waals surface area contributed by atoms with Crippen LogP contribution in [0.15, 0.2) is 18.2 Å². The van der Waals surface area contributed by atoms with Crippen molar-refractivity contribution >= 4 is 29.4 Å². The quantitative estimate of drug-likeness (QED) is 0.652. The molecule has 1 fully saturated rings. The van der Waals surface area contributed by atoms with Crippen molar-refractivity contribution in [3.05, 3.63) is 52.1 Å². The second-order valence-electron chi connectivity index (χ2n) is 8.16. The molecule has 2 aliphatic rings. The van der Waals surface area contributed by atoms with E-state index in [9.17, 15) is 23.6 Å². The van der Waals surface area contributed by atoms with Gasteiger partial charge in [0.05, 0.1) is 18.5 Å². The summed E-state index contributed by atoms with van der Waals surface area (Å²) in [5.41, 5.74) is 6.98. The topological polar surface area (TPSA) is 138 Å². The van der Waals surface area contributed by atoms with Gasteiger partial charge in [0.15, 0.2) is 0 Å². The first-order valence-electron chi connectivity index (χ1n) is 9.88. The number of anilines is 1. The highest BCUT2D eigenvalue weighted by Gasteiger charge is 2.48. The average Bonchev–Trinajstić information content (AvgIpc) is 3.27. The third-order valence-corrected chi connectivity index (χ3v) is 5.79. The highest BCUT2D eigenvalue weighted by Crippen LogP contribution is 2.32. The van der Waals surface area contributed by atoms with Gasteiger partial charge in [0, 0.05) is 17.1 Å². The molecule has 32 heavy (non-hydrogen) atoms. The van der Waals surface area contributed by atoms with Gasteiger partial charge in [-0.2, -0.15) is 0 Å². The Balaban J connectivity index is 1.57. The number of imide groups is 1. The summed E-state index contributed by atoms with van der Waals surface area (Å²) >= 11 is 0. The Bertz CT molecular complexity index is 1180. The number of halogens is 1. The summed E-state index contributed by atoms with van der Waals surface area (Å²) in [6.07, 6.45) is 0.107. The molecule has 0 aliphatic carbocycles. The van der Waals surface area contributed by atoms with Crippen molar-refractivity contribution in [2.75, 3.05) is 11.5 Å². The minimum absolute atomic E-state index is 0.107. The van der Waals surface area contributed by atoms with Gasteiger partial charge in [0.2, 0.25) is 5.91 Å². The van der Waals surface area contributed by atoms with Gasteiger partial charge < -0.3 is 20.9 Å². The number of nitrogens with zero attached hydrogens (tertiary/aromatic N) is 2. The number of aromatic amines is 1. The number of amides is 5. The second-order valence-corrected chi connectivity index (χ2v) is 8.16. The SMILES string of the molecule is Cc1[nH]c(CN2C(=O)Cc3cc(F)ccc32)c(C)c1C(=O)N[C@]1(C)CON(C(N)=O)C1=O. The number of hydroxylamine groups is 2. The van der Waals surface area contributed by atoms with Gasteiger partial charge in [-0.25, -0.2) is 9.18 Å². The Hall–Kier alpha value is -3.73. The predicted molar refractivity (Wildman–Crippen MR) is 110 cm³/mol. The van der Waals surface area contributed by atoms with Crippen LogP contribution in [-0.2, 0) is 27.4 Å². The number of carbonyl (C=O) groups excluding carboxylic acids is 4. The molecule has 0 saturated carbocycles. The lowest BCUT2D eigenvalue weighted by molar-refractivity contribution is -0.147. The van der Waals surface area contributed by atoms with Crippen LogP contribution in [0.3, 0.4) is 0 Å². The third-order valence-electron chi connectivity index (χ3n) is 5.79. The molecule has 5 amide bonds. The smallest absolute Gasteiger partial charge is 0.346 e. The number of nitrogens with two attached hydrogens (primary N) is 1. The fraction of sp³-hybridized carbons (Fsp3) is 0.333. The molecule has 1 aromatic carbocycles. The molecule has 1 atom stereocenters. The van der Waals surface area contributed by atoms with E-state index in [0.717, 1.165) is 0 Å². The van der Waals surface area contributed by atoms with E-state index in [0.29, 0.717) is 38.8 Å². The molecule has 168 valence electrons. The molecule has 11 heteroatoms. The van der Waals surface area contributed by atoms with Crippen molar-refractivity contribution in [3.63, 3.8) is 0 Å². The zero-order valence-corrected chi connectivity index (χ0v) is 17.7. The number of nitrogens with one attached hydrogen (secondary N) is 2. The normalized spacial score (nSPS) is 20.1. The molecule has 10 nitrogen and oxygen atoms in total. The van der Waals surface area contributed by atoms with Crippen molar-refractivity contribution in [1.82, 2.24) is 15.4 Å². The number of aryl methyl sites for hydroxylation is 1. The van der Waals surface area contributed by atoms with E-state index in [-0.39, 0.29) is 25.5 Å². The maximum Gasteiger partial charge on any atom is 0.346 e. The molecule has 4 rings (SSSR count). The number of rotatable bonds is 4. The molecule has 3 heterocycles. The third kappa shape index (κ3) is 3.40. The lowest BCUT2D eigenvalue weighted by Gasteiger charge is -2.21. The van der Waals surface area contributed by atoms with Crippen LogP contribution in [0.25, 0.3) is 0 Å². The number of carbonyl (C=O) groups is 4. The van der Waals surface area contributed by atoms with E-state index < -0.39 is 29.2 Å². The van der Waals surface area contributed by atoms with Crippen molar-refractivity contribution in [2.45, 2.75) is 39.3 Å². The van der Waals surface area contributed by atoms with E-state index in [1.54, 1.807) is 19.9 Å². The maximum atomic E-state index is 13.5. The minimum Gasteiger partial charge on any atom is -0.360 e. The molecule has 0 radical (unpaired) electrons. The van der Waals surface area contributed by atoms with Crippen LogP contribution >= 0.6 is 0 Å². The lowest BCUT2D eigenvalue weighted by atomic mass is 10.0. The Morgan fingerprint density at radius 3 is 2.69 bits per heavy atom. The fourth-order valence-electron chi connectivity index (χ4n) is 4.10. The van der Waals surface area contributed by atoms with E-state index in [4.69, 9.17) is 10.6 Å². The molecule has 0 unspecified atom stereocenters. The van der Waals surface area contributed by atoms with Crippen LogP contribution in [0.2, 0.25) is 0 Å². The van der Waals surface area contributed by atoms with Crippen molar-refractivity contribution < 1.29 is 28.4 Å².